The third kappa shape index (κ3) is 4.80. The van der Waals surface area contributed by atoms with Crippen molar-refractivity contribution in [3.05, 3.63) is 29.8 Å². The fraction of sp³-hybridized carbons (Fsp3) is 0.579. The fourth-order valence-corrected chi connectivity index (χ4v) is 4.49. The normalized spacial score (nSPS) is 23.6. The van der Waals surface area contributed by atoms with Crippen LogP contribution >= 0.6 is 0 Å². The number of aliphatic imine (C=N–C) groups is 1. The summed E-state index contributed by atoms with van der Waals surface area (Å²) in [5.41, 5.74) is 0.977. The second-order valence-corrected chi connectivity index (χ2v) is 9.58. The Labute approximate surface area is 161 Å². The standard InChI is InChI=1S/C19H28N4O3S/c1-3-20-18(21-12-15-5-7-16(8-6-15)27(2,25)26)23-10-4-9-19(14-23)11-17(24)22-13-19/h5-8H,3-4,9-14H2,1-2H3,(H,20,21)(H,22,24). The van der Waals surface area contributed by atoms with Crippen LogP contribution in [0, 0.1) is 5.41 Å². The Morgan fingerprint density at radius 2 is 2.07 bits per heavy atom. The van der Waals surface area contributed by atoms with Gasteiger partial charge >= 0.3 is 0 Å². The van der Waals surface area contributed by atoms with E-state index in [4.69, 9.17) is 4.99 Å². The maximum Gasteiger partial charge on any atom is 0.220 e. The van der Waals surface area contributed by atoms with Crippen LogP contribution in [0.2, 0.25) is 0 Å². The molecule has 1 aromatic rings. The number of hydrogen-bond donors (Lipinski definition) is 2. The average Bonchev–Trinajstić information content (AvgIpc) is 2.98. The van der Waals surface area contributed by atoms with E-state index in [0.717, 1.165) is 50.5 Å². The van der Waals surface area contributed by atoms with Crippen molar-refractivity contribution in [3.63, 3.8) is 0 Å². The molecule has 0 saturated carbocycles. The summed E-state index contributed by atoms with van der Waals surface area (Å²) in [7, 11) is -3.18. The Morgan fingerprint density at radius 3 is 2.67 bits per heavy atom. The van der Waals surface area contributed by atoms with Crippen LogP contribution in [0.5, 0.6) is 0 Å². The maximum absolute atomic E-state index is 11.7. The molecule has 7 nitrogen and oxygen atoms in total. The Bertz CT molecular complexity index is 820. The van der Waals surface area contributed by atoms with Crippen molar-refractivity contribution in [3.8, 4) is 0 Å². The number of nitrogens with one attached hydrogen (secondary N) is 2. The van der Waals surface area contributed by atoms with Crippen molar-refractivity contribution in [2.24, 2.45) is 10.4 Å². The summed E-state index contributed by atoms with van der Waals surface area (Å²) >= 11 is 0. The van der Waals surface area contributed by atoms with Crippen LogP contribution in [0.4, 0.5) is 0 Å². The molecule has 1 spiro atoms. The van der Waals surface area contributed by atoms with Gasteiger partial charge in [0, 0.05) is 44.3 Å². The smallest absolute Gasteiger partial charge is 0.220 e. The monoisotopic (exact) mass is 392 g/mol. The van der Waals surface area contributed by atoms with E-state index in [1.165, 1.54) is 6.26 Å². The van der Waals surface area contributed by atoms with E-state index < -0.39 is 9.84 Å². The molecule has 0 aliphatic carbocycles. The molecule has 1 unspecified atom stereocenters. The first-order valence-electron chi connectivity index (χ1n) is 9.40. The molecule has 1 atom stereocenters. The van der Waals surface area contributed by atoms with Gasteiger partial charge in [0.25, 0.3) is 0 Å². The predicted molar refractivity (Wildman–Crippen MR) is 105 cm³/mol. The van der Waals surface area contributed by atoms with Crippen LogP contribution in [0.25, 0.3) is 0 Å². The molecule has 8 heteroatoms. The van der Waals surface area contributed by atoms with Crippen LogP contribution in [0.15, 0.2) is 34.2 Å². The number of carbonyl (C=O) groups excluding carboxylic acids is 1. The Balaban J connectivity index is 1.72. The van der Waals surface area contributed by atoms with E-state index in [2.05, 4.69) is 15.5 Å². The van der Waals surface area contributed by atoms with E-state index in [1.807, 2.05) is 6.92 Å². The number of carbonyl (C=O) groups is 1. The van der Waals surface area contributed by atoms with Gasteiger partial charge in [-0.15, -0.1) is 0 Å². The molecule has 2 saturated heterocycles. The first-order valence-corrected chi connectivity index (χ1v) is 11.3. The van der Waals surface area contributed by atoms with Crippen molar-refractivity contribution < 1.29 is 13.2 Å². The van der Waals surface area contributed by atoms with Gasteiger partial charge in [0.2, 0.25) is 5.91 Å². The highest BCUT2D eigenvalue weighted by Gasteiger charge is 2.42. The second-order valence-electron chi connectivity index (χ2n) is 7.56. The van der Waals surface area contributed by atoms with Crippen LogP contribution in [-0.4, -0.2) is 57.6 Å². The molecule has 0 aromatic heterocycles. The van der Waals surface area contributed by atoms with Crippen LogP contribution < -0.4 is 10.6 Å². The summed E-state index contributed by atoms with van der Waals surface area (Å²) in [5, 5.41) is 6.32. The fourth-order valence-electron chi connectivity index (χ4n) is 3.86. The zero-order valence-electron chi connectivity index (χ0n) is 16.0. The average molecular weight is 393 g/mol. The second kappa shape index (κ2) is 7.88. The lowest BCUT2D eigenvalue weighted by atomic mass is 9.79. The number of piperidine rings is 1. The van der Waals surface area contributed by atoms with E-state index in [0.29, 0.717) is 17.9 Å². The molecule has 1 amide bonds. The molecule has 2 heterocycles. The number of guanidine groups is 1. The Hall–Kier alpha value is -2.09. The predicted octanol–water partition coefficient (Wildman–Crippen LogP) is 1.16. The van der Waals surface area contributed by atoms with Crippen molar-refractivity contribution in [1.29, 1.82) is 0 Å². The third-order valence-corrected chi connectivity index (χ3v) is 6.38. The van der Waals surface area contributed by atoms with E-state index in [9.17, 15) is 13.2 Å². The van der Waals surface area contributed by atoms with E-state index in [-0.39, 0.29) is 11.3 Å². The number of hydrogen-bond acceptors (Lipinski definition) is 4. The van der Waals surface area contributed by atoms with Crippen LogP contribution in [0.1, 0.15) is 31.7 Å². The molecule has 27 heavy (non-hydrogen) atoms. The third-order valence-electron chi connectivity index (χ3n) is 5.25. The Kier molecular flexibility index (Phi) is 5.74. The van der Waals surface area contributed by atoms with Gasteiger partial charge in [0.05, 0.1) is 11.4 Å². The minimum Gasteiger partial charge on any atom is -0.357 e. The molecule has 2 fully saturated rings. The van der Waals surface area contributed by atoms with Gasteiger partial charge in [-0.1, -0.05) is 12.1 Å². The molecule has 0 radical (unpaired) electrons. The van der Waals surface area contributed by atoms with E-state index >= 15 is 0 Å². The number of rotatable bonds is 4. The number of benzene rings is 1. The lowest BCUT2D eigenvalue weighted by Gasteiger charge is -2.40. The zero-order chi connectivity index (χ0) is 19.5. The molecule has 0 bridgehead atoms. The van der Waals surface area contributed by atoms with Gasteiger partial charge in [0.15, 0.2) is 15.8 Å². The molecular weight excluding hydrogens is 364 g/mol. The van der Waals surface area contributed by atoms with Crippen molar-refractivity contribution in [2.75, 3.05) is 32.4 Å². The first kappa shape index (κ1) is 19.7. The van der Waals surface area contributed by atoms with Gasteiger partial charge in [0.1, 0.15) is 0 Å². The molecule has 148 valence electrons. The maximum atomic E-state index is 11.7. The van der Waals surface area contributed by atoms with Crippen molar-refractivity contribution in [1.82, 2.24) is 15.5 Å². The summed E-state index contributed by atoms with van der Waals surface area (Å²) in [6.07, 6.45) is 3.91. The minimum atomic E-state index is -3.18. The molecular formula is C19H28N4O3S. The molecule has 2 aliphatic rings. The van der Waals surface area contributed by atoms with Gasteiger partial charge in [-0.25, -0.2) is 13.4 Å². The highest BCUT2D eigenvalue weighted by Crippen LogP contribution is 2.36. The molecule has 2 aliphatic heterocycles. The summed E-state index contributed by atoms with van der Waals surface area (Å²) in [5.74, 6) is 0.993. The lowest BCUT2D eigenvalue weighted by molar-refractivity contribution is -0.119. The Morgan fingerprint density at radius 1 is 1.33 bits per heavy atom. The molecule has 2 N–H and O–H groups in total. The van der Waals surface area contributed by atoms with Crippen molar-refractivity contribution in [2.45, 2.75) is 37.6 Å². The lowest BCUT2D eigenvalue weighted by Crippen LogP contribution is -2.51. The summed E-state index contributed by atoms with van der Waals surface area (Å²) in [6, 6.07) is 6.86. The van der Waals surface area contributed by atoms with Gasteiger partial charge in [-0.2, -0.15) is 0 Å². The van der Waals surface area contributed by atoms with Crippen molar-refractivity contribution >= 4 is 21.7 Å². The quantitative estimate of drug-likeness (QED) is 0.593. The molecule has 3 rings (SSSR count). The SMILES string of the molecule is CCNC(=NCc1ccc(S(C)(=O)=O)cc1)N1CCCC2(CNC(=O)C2)C1. The zero-order valence-corrected chi connectivity index (χ0v) is 16.8. The largest absolute Gasteiger partial charge is 0.357 e. The highest BCUT2D eigenvalue weighted by molar-refractivity contribution is 7.90. The van der Waals surface area contributed by atoms with Gasteiger partial charge in [-0.05, 0) is 37.5 Å². The van der Waals surface area contributed by atoms with Crippen LogP contribution in [-0.2, 0) is 21.2 Å². The first-order chi connectivity index (χ1) is 12.8. The topological polar surface area (TPSA) is 90.9 Å². The molecule has 1 aromatic carbocycles. The van der Waals surface area contributed by atoms with E-state index in [1.54, 1.807) is 24.3 Å². The number of likely N-dealkylation sites (tertiary alicyclic amines) is 1. The highest BCUT2D eigenvalue weighted by atomic mass is 32.2. The number of nitrogens with zero attached hydrogens (tertiary/aromatic N) is 2. The number of sulfone groups is 1. The van der Waals surface area contributed by atoms with Crippen LogP contribution in [0.3, 0.4) is 0 Å². The van der Waals surface area contributed by atoms with Gasteiger partial charge in [-0.3, -0.25) is 4.79 Å². The number of amides is 1. The summed E-state index contributed by atoms with van der Waals surface area (Å²) in [4.78, 5) is 19.0. The van der Waals surface area contributed by atoms with Gasteiger partial charge < -0.3 is 15.5 Å². The summed E-state index contributed by atoms with van der Waals surface area (Å²) < 4.78 is 23.1. The minimum absolute atomic E-state index is 0.0165. The summed E-state index contributed by atoms with van der Waals surface area (Å²) in [6.45, 7) is 5.78.